The molecule has 0 unspecified atom stereocenters. The maximum atomic E-state index is 13.0. The number of hydrogen-bond donors (Lipinski definition) is 0. The van der Waals surface area contributed by atoms with Gasteiger partial charge in [-0.25, -0.2) is 9.78 Å². The van der Waals surface area contributed by atoms with E-state index < -0.39 is 12.1 Å². The molecule has 3 aromatic rings. The van der Waals surface area contributed by atoms with Gasteiger partial charge in [0.25, 0.3) is 0 Å². The minimum Gasteiger partial charge on any atom is -0.445 e. The Morgan fingerprint density at radius 1 is 0.923 bits per heavy atom. The van der Waals surface area contributed by atoms with Crippen LogP contribution in [-0.2, 0) is 4.74 Å². The van der Waals surface area contributed by atoms with E-state index in [1.807, 2.05) is 30.5 Å². The van der Waals surface area contributed by atoms with Gasteiger partial charge >= 0.3 is 5.97 Å². The zero-order valence-corrected chi connectivity index (χ0v) is 15.0. The highest BCUT2D eigenvalue weighted by atomic mass is 32.2. The summed E-state index contributed by atoms with van der Waals surface area (Å²) in [5.74, 6) is -0.833. The van der Waals surface area contributed by atoms with Gasteiger partial charge in [0.15, 0.2) is 6.10 Å². The van der Waals surface area contributed by atoms with Gasteiger partial charge in [-0.2, -0.15) is 0 Å². The van der Waals surface area contributed by atoms with Crippen LogP contribution in [-0.4, -0.2) is 23.0 Å². The second kappa shape index (κ2) is 8.45. The van der Waals surface area contributed by atoms with Crippen molar-refractivity contribution in [1.29, 1.82) is 0 Å². The van der Waals surface area contributed by atoms with E-state index in [2.05, 4.69) is 4.98 Å². The molecule has 0 N–H and O–H groups in total. The SMILES string of the molecule is CSc1ncccc1C(=O)O[C@@H](C(=O)c1ccccc1)c1ccccc1. The van der Waals surface area contributed by atoms with Crippen molar-refractivity contribution in [3.8, 4) is 0 Å². The maximum absolute atomic E-state index is 13.0. The van der Waals surface area contributed by atoms with Crippen LogP contribution < -0.4 is 0 Å². The third kappa shape index (κ3) is 4.00. The van der Waals surface area contributed by atoms with Crippen molar-refractivity contribution in [2.45, 2.75) is 11.1 Å². The molecule has 0 saturated carbocycles. The molecule has 0 bridgehead atoms. The molecule has 1 atom stereocenters. The molecule has 3 rings (SSSR count). The third-order valence-electron chi connectivity index (χ3n) is 3.81. The van der Waals surface area contributed by atoms with E-state index in [9.17, 15) is 9.59 Å². The van der Waals surface area contributed by atoms with Gasteiger partial charge in [-0.3, -0.25) is 4.79 Å². The summed E-state index contributed by atoms with van der Waals surface area (Å²) in [7, 11) is 0. The maximum Gasteiger partial charge on any atom is 0.341 e. The summed E-state index contributed by atoms with van der Waals surface area (Å²) < 4.78 is 5.64. The van der Waals surface area contributed by atoms with Crippen LogP contribution in [0.3, 0.4) is 0 Å². The lowest BCUT2D eigenvalue weighted by Crippen LogP contribution is -2.20. The average Bonchev–Trinajstić information content (AvgIpc) is 2.72. The van der Waals surface area contributed by atoms with Gasteiger partial charge in [0.2, 0.25) is 5.78 Å². The van der Waals surface area contributed by atoms with Crippen LogP contribution >= 0.6 is 11.8 Å². The molecule has 1 aromatic heterocycles. The Morgan fingerprint density at radius 2 is 1.58 bits per heavy atom. The fraction of sp³-hybridized carbons (Fsp3) is 0.0952. The van der Waals surface area contributed by atoms with Crippen LogP contribution in [0.4, 0.5) is 0 Å². The number of esters is 1. The van der Waals surface area contributed by atoms with Crippen molar-refractivity contribution in [3.05, 3.63) is 95.7 Å². The molecule has 130 valence electrons. The number of nitrogens with zero attached hydrogens (tertiary/aromatic N) is 1. The molecule has 4 nitrogen and oxygen atoms in total. The highest BCUT2D eigenvalue weighted by Gasteiger charge is 2.27. The number of rotatable bonds is 6. The summed E-state index contributed by atoms with van der Waals surface area (Å²) in [6.45, 7) is 0. The number of ketones is 1. The summed E-state index contributed by atoms with van der Waals surface area (Å²) in [5.41, 5.74) is 1.47. The second-order valence-corrected chi connectivity index (χ2v) is 6.28. The zero-order chi connectivity index (χ0) is 18.4. The predicted octanol–water partition coefficient (Wildman–Crippen LogP) is 4.58. The highest BCUT2D eigenvalue weighted by Crippen LogP contribution is 2.26. The summed E-state index contributed by atoms with van der Waals surface area (Å²) in [4.78, 5) is 29.9. The Kier molecular flexibility index (Phi) is 5.81. The number of pyridine rings is 1. The summed E-state index contributed by atoms with van der Waals surface area (Å²) in [6, 6.07) is 21.2. The average molecular weight is 363 g/mol. The topological polar surface area (TPSA) is 56.3 Å². The van der Waals surface area contributed by atoms with Gasteiger partial charge < -0.3 is 4.74 Å². The molecule has 0 aliphatic carbocycles. The minimum absolute atomic E-state index is 0.264. The standard InChI is InChI=1S/C21H17NO3S/c1-26-20-17(13-8-14-22-20)21(24)25-19(16-11-6-3-7-12-16)18(23)15-9-4-2-5-10-15/h2-14,19H,1H3/t19-/m1/s1. The Bertz CT molecular complexity index is 897. The molecular weight excluding hydrogens is 346 g/mol. The number of Topliss-reactive ketones (excluding diaryl/α,β-unsaturated/α-hetero) is 1. The first kappa shape index (κ1) is 17.9. The molecular formula is C21H17NO3S. The van der Waals surface area contributed by atoms with E-state index in [0.29, 0.717) is 21.7 Å². The third-order valence-corrected chi connectivity index (χ3v) is 4.52. The van der Waals surface area contributed by atoms with Crippen LogP contribution in [0, 0.1) is 0 Å². The number of hydrogen-bond acceptors (Lipinski definition) is 5. The van der Waals surface area contributed by atoms with Gasteiger partial charge in [-0.1, -0.05) is 60.7 Å². The number of aromatic nitrogens is 1. The number of ether oxygens (including phenoxy) is 1. The van der Waals surface area contributed by atoms with Crippen LogP contribution in [0.1, 0.15) is 32.4 Å². The molecule has 2 aromatic carbocycles. The van der Waals surface area contributed by atoms with Crippen LogP contribution in [0.2, 0.25) is 0 Å². The Morgan fingerprint density at radius 3 is 2.23 bits per heavy atom. The number of carbonyl (C=O) groups is 2. The smallest absolute Gasteiger partial charge is 0.341 e. The second-order valence-electron chi connectivity index (χ2n) is 5.49. The first-order valence-electron chi connectivity index (χ1n) is 8.05. The van der Waals surface area contributed by atoms with Crippen LogP contribution in [0.5, 0.6) is 0 Å². The van der Waals surface area contributed by atoms with Crippen molar-refractivity contribution in [3.63, 3.8) is 0 Å². The zero-order valence-electron chi connectivity index (χ0n) is 14.2. The fourth-order valence-electron chi connectivity index (χ4n) is 2.53. The van der Waals surface area contributed by atoms with Gasteiger partial charge in [0, 0.05) is 17.3 Å². The van der Waals surface area contributed by atoms with E-state index in [4.69, 9.17) is 4.74 Å². The lowest BCUT2D eigenvalue weighted by Gasteiger charge is -2.18. The number of carbonyl (C=O) groups excluding carboxylic acids is 2. The molecule has 0 aliphatic heterocycles. The summed E-state index contributed by atoms with van der Waals surface area (Å²) in [6.07, 6.45) is 2.44. The van der Waals surface area contributed by atoms with Crippen molar-refractivity contribution in [2.24, 2.45) is 0 Å². The van der Waals surface area contributed by atoms with Crippen molar-refractivity contribution < 1.29 is 14.3 Å². The van der Waals surface area contributed by atoms with E-state index in [1.165, 1.54) is 11.8 Å². The van der Waals surface area contributed by atoms with Gasteiger partial charge in [-0.15, -0.1) is 11.8 Å². The van der Waals surface area contributed by atoms with E-state index >= 15 is 0 Å². The summed E-state index contributed by atoms with van der Waals surface area (Å²) >= 11 is 1.35. The monoisotopic (exact) mass is 363 g/mol. The lowest BCUT2D eigenvalue weighted by atomic mass is 10.00. The first-order valence-corrected chi connectivity index (χ1v) is 9.27. The molecule has 0 spiro atoms. The first-order chi connectivity index (χ1) is 12.7. The molecule has 0 fully saturated rings. The van der Waals surface area contributed by atoms with Gasteiger partial charge in [0.05, 0.1) is 5.56 Å². The Hall–Kier alpha value is -2.92. The predicted molar refractivity (Wildman–Crippen MR) is 101 cm³/mol. The molecule has 0 saturated heterocycles. The molecule has 26 heavy (non-hydrogen) atoms. The minimum atomic E-state index is -1.01. The Balaban J connectivity index is 1.94. The number of benzene rings is 2. The van der Waals surface area contributed by atoms with E-state index in [-0.39, 0.29) is 5.78 Å². The van der Waals surface area contributed by atoms with Gasteiger partial charge in [-0.05, 0) is 18.4 Å². The number of thioether (sulfide) groups is 1. The molecule has 1 heterocycles. The summed E-state index contributed by atoms with van der Waals surface area (Å²) in [5, 5.41) is 0.566. The normalized spacial score (nSPS) is 11.6. The van der Waals surface area contributed by atoms with Crippen LogP contribution in [0.15, 0.2) is 84.0 Å². The van der Waals surface area contributed by atoms with Gasteiger partial charge in [0.1, 0.15) is 5.03 Å². The molecule has 5 heteroatoms. The molecule has 0 amide bonds. The van der Waals surface area contributed by atoms with E-state index in [0.717, 1.165) is 0 Å². The Labute approximate surface area is 156 Å². The van der Waals surface area contributed by atoms with Crippen molar-refractivity contribution in [2.75, 3.05) is 6.26 Å². The quantitative estimate of drug-likeness (QED) is 0.364. The lowest BCUT2D eigenvalue weighted by molar-refractivity contribution is 0.0276. The molecule has 0 aliphatic rings. The largest absolute Gasteiger partial charge is 0.445 e. The fourth-order valence-corrected chi connectivity index (χ4v) is 3.07. The van der Waals surface area contributed by atoms with E-state index in [1.54, 1.807) is 54.7 Å². The van der Waals surface area contributed by atoms with Crippen LogP contribution in [0.25, 0.3) is 0 Å². The van der Waals surface area contributed by atoms with Crippen molar-refractivity contribution in [1.82, 2.24) is 4.98 Å². The molecule has 0 radical (unpaired) electrons. The van der Waals surface area contributed by atoms with Crippen molar-refractivity contribution >= 4 is 23.5 Å². The highest BCUT2D eigenvalue weighted by molar-refractivity contribution is 7.98.